The second kappa shape index (κ2) is 14.7. The lowest BCUT2D eigenvalue weighted by Gasteiger charge is -2.31. The fourth-order valence-corrected chi connectivity index (χ4v) is 12.1. The van der Waals surface area contributed by atoms with Crippen LogP contribution in [0.15, 0.2) is 152 Å². The lowest BCUT2D eigenvalue weighted by Crippen LogP contribution is -2.27. The molecule has 9 heterocycles. The maximum atomic E-state index is 15.8. The molecule has 5 aliphatic rings. The highest BCUT2D eigenvalue weighted by Crippen LogP contribution is 2.52. The summed E-state index contributed by atoms with van der Waals surface area (Å²) in [5, 5.41) is 0.357. The van der Waals surface area contributed by atoms with Gasteiger partial charge in [-0.1, -0.05) is 18.2 Å². The van der Waals surface area contributed by atoms with Crippen molar-refractivity contribution in [1.29, 1.82) is 0 Å². The molecule has 0 saturated heterocycles. The zero-order valence-corrected chi connectivity index (χ0v) is 37.3. The minimum absolute atomic E-state index is 0.109. The normalized spacial score (nSPS) is 22.4. The molecule has 5 atom stereocenters. The van der Waals surface area contributed by atoms with E-state index in [1.807, 2.05) is 78.9 Å². The van der Waals surface area contributed by atoms with Gasteiger partial charge in [-0.3, -0.25) is 0 Å². The van der Waals surface area contributed by atoms with Gasteiger partial charge in [0.15, 0.2) is 0 Å². The average molecular weight is 921 g/mol. The summed E-state index contributed by atoms with van der Waals surface area (Å²) < 4.78 is 68.0. The first kappa shape index (κ1) is 39.1. The van der Waals surface area contributed by atoms with Crippen LogP contribution in [0, 0.1) is 0 Å². The van der Waals surface area contributed by atoms with Gasteiger partial charge < -0.3 is 57.4 Å². The van der Waals surface area contributed by atoms with Gasteiger partial charge in [0, 0.05) is 69.8 Å². The Morgan fingerprint density at radius 3 is 1.16 bits per heavy atom. The van der Waals surface area contributed by atoms with E-state index in [1.54, 1.807) is 24.3 Å². The van der Waals surface area contributed by atoms with E-state index in [-0.39, 0.29) is 37.8 Å². The van der Waals surface area contributed by atoms with Crippen molar-refractivity contribution in [3.63, 3.8) is 0 Å². The minimum atomic E-state index is -4.25. The Morgan fingerprint density at radius 2 is 0.750 bits per heavy atom. The summed E-state index contributed by atoms with van der Waals surface area (Å²) in [7, 11) is -4.25. The summed E-state index contributed by atoms with van der Waals surface area (Å²) in [5.41, 5.74) is 9.83. The second-order valence-corrected chi connectivity index (χ2v) is 19.8. The molecule has 0 aliphatic carbocycles. The van der Waals surface area contributed by atoms with Crippen LogP contribution in [-0.2, 0) is 9.98 Å². The highest BCUT2D eigenvalue weighted by Gasteiger charge is 2.39. The zero-order valence-electron chi connectivity index (χ0n) is 36.4. The molecule has 0 fully saturated rings. The van der Waals surface area contributed by atoms with Gasteiger partial charge in [0.25, 0.3) is 0 Å². The molecule has 68 heavy (non-hydrogen) atoms. The van der Waals surface area contributed by atoms with Gasteiger partial charge in [-0.25, -0.2) is 4.57 Å². The van der Waals surface area contributed by atoms with Crippen molar-refractivity contribution in [2.75, 3.05) is 20.4 Å². The van der Waals surface area contributed by atoms with Crippen LogP contribution in [0.3, 0.4) is 0 Å². The van der Waals surface area contributed by atoms with Crippen molar-refractivity contribution in [1.82, 2.24) is 19.9 Å². The molecular weight excluding hydrogens is 880 g/mol. The van der Waals surface area contributed by atoms with Gasteiger partial charge in [-0.05, 0) is 138 Å². The summed E-state index contributed by atoms with van der Waals surface area (Å²) in [4.78, 5) is 15.7. The summed E-state index contributed by atoms with van der Waals surface area (Å²) >= 11 is 0. The molecule has 14 rings (SSSR count). The summed E-state index contributed by atoms with van der Waals surface area (Å²) in [5.74, 6) is 2.20. The maximum absolute atomic E-state index is 15.8. The largest absolute Gasteiger partial charge is 0.462 e. The Morgan fingerprint density at radius 1 is 0.412 bits per heavy atom. The molecule has 336 valence electrons. The monoisotopic (exact) mass is 920 g/mol. The molecule has 13 nitrogen and oxygen atoms in total. The molecule has 9 aromatic rings. The number of ether oxygens (including phenoxy) is 6. The lowest BCUT2D eigenvalue weighted by molar-refractivity contribution is 0.110. The van der Waals surface area contributed by atoms with Crippen LogP contribution in [0.1, 0.15) is 92.5 Å². The predicted molar refractivity (Wildman–Crippen MR) is 251 cm³/mol. The first-order chi connectivity index (χ1) is 33.3. The zero-order chi connectivity index (χ0) is 45.1. The van der Waals surface area contributed by atoms with Gasteiger partial charge >= 0.3 is 7.60 Å². The van der Waals surface area contributed by atoms with Crippen molar-refractivity contribution in [3.05, 3.63) is 219 Å². The molecule has 4 aromatic heterocycles. The van der Waals surface area contributed by atoms with E-state index in [4.69, 9.17) is 37.5 Å². The highest BCUT2D eigenvalue weighted by atomic mass is 31.2. The van der Waals surface area contributed by atoms with E-state index in [9.17, 15) is 0 Å². The van der Waals surface area contributed by atoms with Crippen LogP contribution >= 0.6 is 7.60 Å². The Kier molecular flexibility index (Phi) is 8.43. The summed E-state index contributed by atoms with van der Waals surface area (Å²) in [6.45, 7) is 1.74. The van der Waals surface area contributed by atoms with E-state index in [0.717, 1.165) is 67.8 Å². The Balaban J connectivity index is 1.13. The number of nitrogens with one attached hydrogen (secondary N) is 4. The number of rotatable bonds is 1. The molecule has 4 unspecified atom stereocenters. The lowest BCUT2D eigenvalue weighted by atomic mass is 9.76. The Hall–Kier alpha value is -8.15. The van der Waals surface area contributed by atoms with Crippen LogP contribution in [0.25, 0.3) is 0 Å². The van der Waals surface area contributed by atoms with E-state index < -0.39 is 24.8 Å². The fourth-order valence-electron chi connectivity index (χ4n) is 10.6. The standard InChI is InChI=1S/C54H41N4O9P/c1-54-33-21-38-24-39(22-33)65-29-63-37-18-32-20-41(26-37)67-68(59,42-5-3-2-4-6-42)66-40-19-31-17-36(25-40)62-27-60-34-15-30(16-35(23-34)61-28-64-38)52(47-11-13-49(54)57-47)45-9-7-43(55-45)51(31)44-8-10-46(56-44)53(32)48-12-14-50(54)58-48/h2-26,51-53,55-58H,27-29H2,1H3/t51?,52?,53?,54-,68?/m1/s1. The Bertz CT molecular complexity index is 3500. The van der Waals surface area contributed by atoms with Crippen LogP contribution in [0.2, 0.25) is 0 Å². The number of H-pyrrole nitrogens is 4. The van der Waals surface area contributed by atoms with Crippen LogP contribution < -0.4 is 42.8 Å². The van der Waals surface area contributed by atoms with Crippen molar-refractivity contribution >= 4 is 12.9 Å². The Labute approximate surface area is 389 Å². The predicted octanol–water partition coefficient (Wildman–Crippen LogP) is 10.7. The van der Waals surface area contributed by atoms with Crippen LogP contribution in [0.5, 0.6) is 46.0 Å². The summed E-state index contributed by atoms with van der Waals surface area (Å²) in [6, 6.07) is 49.0. The van der Waals surface area contributed by atoms with E-state index in [1.165, 1.54) is 0 Å². The topological polar surface area (TPSA) is 154 Å². The molecule has 14 heteroatoms. The maximum Gasteiger partial charge on any atom is 0.462 e. The molecule has 0 spiro atoms. The minimum Gasteiger partial charge on any atom is -0.457 e. The van der Waals surface area contributed by atoms with Gasteiger partial charge in [-0.15, -0.1) is 0 Å². The van der Waals surface area contributed by atoms with Crippen LogP contribution in [-0.4, -0.2) is 40.3 Å². The molecule has 5 aliphatic heterocycles. The second-order valence-electron chi connectivity index (χ2n) is 18.0. The molecule has 24 bridgehead atoms. The summed E-state index contributed by atoms with van der Waals surface area (Å²) in [6.07, 6.45) is 0. The highest BCUT2D eigenvalue weighted by molar-refractivity contribution is 7.63. The van der Waals surface area contributed by atoms with Crippen LogP contribution in [0.4, 0.5) is 0 Å². The third-order valence-corrected chi connectivity index (χ3v) is 15.7. The number of fused-ring (bicyclic) bond motifs is 14. The SMILES string of the molecule is C[C@@]12c3cc4cc(c3)OCOc3cc5cc(c3)C(c3ccc([nH]3)C3c6cc(cc(c6)OP(=O)(c6ccccc6)O5)OCOc5cc(cc(c5)C(c5ccc3[nH]5)c3ccc1[nH]3)OCO4)c1ccc2[nH]1. The van der Waals surface area contributed by atoms with Crippen molar-refractivity contribution in [2.45, 2.75) is 30.1 Å². The third-order valence-electron chi connectivity index (χ3n) is 13.9. The molecule has 5 aromatic carbocycles. The van der Waals surface area contributed by atoms with E-state index in [0.29, 0.717) is 39.8 Å². The van der Waals surface area contributed by atoms with E-state index >= 15 is 4.57 Å². The van der Waals surface area contributed by atoms with Crippen molar-refractivity contribution < 1.29 is 42.0 Å². The van der Waals surface area contributed by atoms with Crippen molar-refractivity contribution in [2.24, 2.45) is 0 Å². The quantitative estimate of drug-likeness (QED) is 0.118. The number of benzene rings is 5. The fraction of sp³-hybridized carbons (Fsp3) is 0.148. The van der Waals surface area contributed by atoms with Gasteiger partial charge in [0.1, 0.15) is 46.0 Å². The molecule has 0 radical (unpaired) electrons. The average Bonchev–Trinajstić information content (AvgIpc) is 4.19. The van der Waals surface area contributed by atoms with Crippen molar-refractivity contribution in [3.8, 4) is 46.0 Å². The van der Waals surface area contributed by atoms with E-state index in [2.05, 4.69) is 75.4 Å². The number of hydrogen-bond acceptors (Lipinski definition) is 9. The number of hydrogen-bond donors (Lipinski definition) is 4. The van der Waals surface area contributed by atoms with Gasteiger partial charge in [0.05, 0.1) is 28.5 Å². The molecular formula is C54H41N4O9P. The number of aromatic nitrogens is 4. The molecule has 4 N–H and O–H groups in total. The molecule has 0 amide bonds. The number of aromatic amines is 4. The van der Waals surface area contributed by atoms with Gasteiger partial charge in [0.2, 0.25) is 20.4 Å². The first-order valence-electron chi connectivity index (χ1n) is 22.5. The first-order valence-corrected chi connectivity index (χ1v) is 24.0. The molecule has 0 saturated carbocycles. The smallest absolute Gasteiger partial charge is 0.457 e. The van der Waals surface area contributed by atoms with Gasteiger partial charge in [-0.2, -0.15) is 0 Å². The third kappa shape index (κ3) is 6.33.